The second-order valence-corrected chi connectivity index (χ2v) is 14.9. The maximum atomic E-state index is 12.7. The lowest BCUT2D eigenvalue weighted by Crippen LogP contribution is -2.50. The fourth-order valence-electron chi connectivity index (χ4n) is 6.49. The molecule has 6 atom stereocenters. The van der Waals surface area contributed by atoms with Gasteiger partial charge in [0.25, 0.3) is 5.56 Å². The standard InChI is InChI=1S/C35H64N5O9P/c1-5-7-9-11-13-15-16-18-20-22-24-47-31(28(4)46-23-21-19-17-14-12-10-8-6-2)33(49-50(43,44)45)32-29(38-39-36)25-30(48-32)40-26-27(3)34(41)37-35(40)42/h26,28-33H,5-25H2,1-4H3,(H,37,41,42)(H2,43,44,45)/t28?,29-,30+,31?,32-,33?/m0/s1. The van der Waals surface area contributed by atoms with Crippen molar-refractivity contribution < 1.29 is 33.1 Å². The summed E-state index contributed by atoms with van der Waals surface area (Å²) in [5, 5.41) is 3.87. The van der Waals surface area contributed by atoms with Crippen LogP contribution in [0.3, 0.4) is 0 Å². The van der Waals surface area contributed by atoms with Crippen LogP contribution in [-0.4, -0.2) is 63.0 Å². The maximum absolute atomic E-state index is 12.7. The largest absolute Gasteiger partial charge is 0.470 e. The molecule has 0 aromatic carbocycles. The van der Waals surface area contributed by atoms with Crippen LogP contribution in [0.1, 0.15) is 155 Å². The van der Waals surface area contributed by atoms with E-state index in [-0.39, 0.29) is 12.0 Å². The normalized spacial score (nSPS) is 19.7. The molecule has 1 saturated heterocycles. The molecular weight excluding hydrogens is 665 g/mol. The zero-order valence-electron chi connectivity index (χ0n) is 30.9. The number of phosphoric acid groups is 1. The van der Waals surface area contributed by atoms with Crippen molar-refractivity contribution in [2.45, 2.75) is 186 Å². The van der Waals surface area contributed by atoms with E-state index >= 15 is 0 Å². The molecule has 0 radical (unpaired) electrons. The summed E-state index contributed by atoms with van der Waals surface area (Å²) in [6, 6.07) is -0.969. The molecule has 14 nitrogen and oxygen atoms in total. The van der Waals surface area contributed by atoms with Crippen molar-refractivity contribution in [2.24, 2.45) is 5.11 Å². The van der Waals surface area contributed by atoms with Crippen molar-refractivity contribution in [3.63, 3.8) is 0 Å². The first-order valence-corrected chi connectivity index (χ1v) is 20.5. The lowest BCUT2D eigenvalue weighted by molar-refractivity contribution is -0.156. The van der Waals surface area contributed by atoms with Gasteiger partial charge in [-0.05, 0) is 32.2 Å². The number of aryl methyl sites for hydroxylation is 1. The van der Waals surface area contributed by atoms with Gasteiger partial charge in [0, 0.05) is 36.3 Å². The minimum absolute atomic E-state index is 0.000204. The van der Waals surface area contributed by atoms with Crippen LogP contribution in [0.2, 0.25) is 0 Å². The summed E-state index contributed by atoms with van der Waals surface area (Å²) in [7, 11) is -5.12. The van der Waals surface area contributed by atoms with Crippen molar-refractivity contribution in [1.82, 2.24) is 9.55 Å². The topological polar surface area (TPSA) is 198 Å². The number of nitrogens with one attached hydrogen (secondary N) is 1. The minimum atomic E-state index is -5.12. The number of azide groups is 1. The third-order valence-electron chi connectivity index (χ3n) is 9.35. The van der Waals surface area contributed by atoms with Gasteiger partial charge in [-0.3, -0.25) is 18.9 Å². The predicted molar refractivity (Wildman–Crippen MR) is 194 cm³/mol. The van der Waals surface area contributed by atoms with Gasteiger partial charge in [0.2, 0.25) is 0 Å². The Morgan fingerprint density at radius 1 is 0.920 bits per heavy atom. The number of aromatic nitrogens is 2. The van der Waals surface area contributed by atoms with E-state index in [0.717, 1.165) is 44.9 Å². The predicted octanol–water partition coefficient (Wildman–Crippen LogP) is 8.14. The Kier molecular flexibility index (Phi) is 22.1. The smallest absolute Gasteiger partial charge is 0.376 e. The van der Waals surface area contributed by atoms with Crippen LogP contribution in [0.25, 0.3) is 10.4 Å². The van der Waals surface area contributed by atoms with Gasteiger partial charge in [-0.15, -0.1) is 0 Å². The third-order valence-corrected chi connectivity index (χ3v) is 9.87. The molecule has 0 spiro atoms. The van der Waals surface area contributed by atoms with Crippen molar-refractivity contribution in [2.75, 3.05) is 13.2 Å². The molecule has 2 heterocycles. The number of hydrogen-bond donors (Lipinski definition) is 3. The number of hydrogen-bond acceptors (Lipinski definition) is 8. The van der Waals surface area contributed by atoms with E-state index in [1.165, 1.54) is 88.3 Å². The van der Waals surface area contributed by atoms with Crippen molar-refractivity contribution in [3.8, 4) is 0 Å². The summed E-state index contributed by atoms with van der Waals surface area (Å²) in [6.45, 7) is 8.45. The second kappa shape index (κ2) is 25.0. The zero-order valence-corrected chi connectivity index (χ0v) is 31.8. The highest BCUT2D eigenvalue weighted by Gasteiger charge is 2.48. The fraction of sp³-hybridized carbons (Fsp3) is 0.886. The van der Waals surface area contributed by atoms with E-state index in [9.17, 15) is 29.5 Å². The Labute approximate surface area is 297 Å². The summed E-state index contributed by atoms with van der Waals surface area (Å²) in [5.41, 5.74) is 8.39. The first-order chi connectivity index (χ1) is 24.0. The lowest BCUT2D eigenvalue weighted by Gasteiger charge is -2.36. The van der Waals surface area contributed by atoms with Crippen LogP contribution in [0.15, 0.2) is 20.9 Å². The number of ether oxygens (including phenoxy) is 3. The summed E-state index contributed by atoms with van der Waals surface area (Å²) < 4.78 is 37.7. The molecule has 50 heavy (non-hydrogen) atoms. The number of aromatic amines is 1. The maximum Gasteiger partial charge on any atom is 0.470 e. The van der Waals surface area contributed by atoms with Crippen LogP contribution in [-0.2, 0) is 23.3 Å². The first kappa shape index (κ1) is 44.1. The first-order valence-electron chi connectivity index (χ1n) is 19.0. The Morgan fingerprint density at radius 3 is 1.92 bits per heavy atom. The summed E-state index contributed by atoms with van der Waals surface area (Å²) in [6.07, 6.45) is 16.5. The molecule has 2 rings (SSSR count). The number of unbranched alkanes of at least 4 members (excludes halogenated alkanes) is 16. The fourth-order valence-corrected chi connectivity index (χ4v) is 7.05. The van der Waals surface area contributed by atoms with E-state index in [0.29, 0.717) is 13.2 Å². The van der Waals surface area contributed by atoms with E-state index in [1.807, 2.05) is 0 Å². The highest BCUT2D eigenvalue weighted by molar-refractivity contribution is 7.46. The van der Waals surface area contributed by atoms with E-state index in [4.69, 9.17) is 18.7 Å². The van der Waals surface area contributed by atoms with Gasteiger partial charge in [0.15, 0.2) is 0 Å². The van der Waals surface area contributed by atoms with Crippen LogP contribution < -0.4 is 11.2 Å². The number of nitrogens with zero attached hydrogens (tertiary/aromatic N) is 4. The number of phosphoric ester groups is 1. The molecule has 1 aliphatic heterocycles. The van der Waals surface area contributed by atoms with Gasteiger partial charge in [-0.1, -0.05) is 122 Å². The zero-order chi connectivity index (χ0) is 36.8. The molecule has 3 unspecified atom stereocenters. The molecular formula is C35H64N5O9P. The molecule has 1 aromatic rings. The SMILES string of the molecule is CCCCCCCCCCCCOC(C(C)OCCCCCCCCCC)C(OP(=O)(O)O)[C@H]1O[C@@H](n2cc(C)c(=O)[nH]c2=O)C[C@@H]1N=[N+]=[N-]. The monoisotopic (exact) mass is 729 g/mol. The van der Waals surface area contributed by atoms with Crippen molar-refractivity contribution >= 4 is 7.82 Å². The van der Waals surface area contributed by atoms with E-state index in [2.05, 4.69) is 28.9 Å². The molecule has 1 fully saturated rings. The van der Waals surface area contributed by atoms with Gasteiger partial charge in [-0.25, -0.2) is 9.36 Å². The van der Waals surface area contributed by atoms with Crippen LogP contribution in [0.5, 0.6) is 0 Å². The molecule has 15 heteroatoms. The van der Waals surface area contributed by atoms with E-state index < -0.39 is 55.8 Å². The Balaban J connectivity index is 2.18. The average molecular weight is 730 g/mol. The van der Waals surface area contributed by atoms with Crippen LogP contribution in [0.4, 0.5) is 0 Å². The highest BCUT2D eigenvalue weighted by Crippen LogP contribution is 2.44. The average Bonchev–Trinajstić information content (AvgIpc) is 3.48. The Hall–Kier alpha value is -2.02. The molecule has 0 amide bonds. The quantitative estimate of drug-likeness (QED) is 0.0239. The molecule has 0 aliphatic carbocycles. The minimum Gasteiger partial charge on any atom is -0.376 e. The Bertz CT molecular complexity index is 1280. The molecule has 1 aromatic heterocycles. The number of H-pyrrole nitrogens is 1. The molecule has 3 N–H and O–H groups in total. The van der Waals surface area contributed by atoms with Gasteiger partial charge < -0.3 is 24.0 Å². The van der Waals surface area contributed by atoms with Gasteiger partial charge in [0.05, 0.1) is 18.2 Å². The highest BCUT2D eigenvalue weighted by atomic mass is 31.2. The van der Waals surface area contributed by atoms with Gasteiger partial charge in [0.1, 0.15) is 18.4 Å². The number of rotatable bonds is 29. The lowest BCUT2D eigenvalue weighted by atomic mass is 9.98. The summed E-state index contributed by atoms with van der Waals surface area (Å²) >= 11 is 0. The third kappa shape index (κ3) is 17.0. The molecule has 0 bridgehead atoms. The van der Waals surface area contributed by atoms with E-state index in [1.54, 1.807) is 6.92 Å². The summed E-state index contributed by atoms with van der Waals surface area (Å²) in [5.74, 6) is 0. The second-order valence-electron chi connectivity index (χ2n) is 13.7. The molecule has 288 valence electrons. The van der Waals surface area contributed by atoms with Gasteiger partial charge in [-0.2, -0.15) is 0 Å². The van der Waals surface area contributed by atoms with Crippen molar-refractivity contribution in [3.05, 3.63) is 43.0 Å². The van der Waals surface area contributed by atoms with Crippen molar-refractivity contribution in [1.29, 1.82) is 0 Å². The van der Waals surface area contributed by atoms with Gasteiger partial charge >= 0.3 is 13.5 Å². The van der Waals surface area contributed by atoms with Crippen LogP contribution >= 0.6 is 7.82 Å². The molecule has 0 saturated carbocycles. The Morgan fingerprint density at radius 2 is 1.42 bits per heavy atom. The summed E-state index contributed by atoms with van der Waals surface area (Å²) in [4.78, 5) is 50.0. The van der Waals surface area contributed by atoms with Crippen LogP contribution in [0, 0.1) is 6.92 Å². The molecule has 1 aliphatic rings.